The molecule has 0 saturated heterocycles. The fourth-order valence-electron chi connectivity index (χ4n) is 4.26. The van der Waals surface area contributed by atoms with Gasteiger partial charge in [0.05, 0.1) is 0 Å². The number of benzene rings is 2. The molecule has 6 heteroatoms. The zero-order chi connectivity index (χ0) is 23.3. The minimum atomic E-state index is -0.462. The van der Waals surface area contributed by atoms with Crippen LogP contribution in [0.3, 0.4) is 0 Å². The van der Waals surface area contributed by atoms with Crippen molar-refractivity contribution in [3.63, 3.8) is 0 Å². The topological polar surface area (TPSA) is 75.4 Å². The Kier molecular flexibility index (Phi) is 7.67. The van der Waals surface area contributed by atoms with Gasteiger partial charge in [-0.1, -0.05) is 57.9 Å². The first-order valence-electron chi connectivity index (χ1n) is 11.3. The fourth-order valence-corrected chi connectivity index (χ4v) is 4.26. The van der Waals surface area contributed by atoms with Gasteiger partial charge in [-0.2, -0.15) is 0 Å². The molecule has 2 aromatic rings. The Morgan fingerprint density at radius 2 is 1.81 bits per heavy atom. The number of halogens is 1. The summed E-state index contributed by atoms with van der Waals surface area (Å²) in [6.07, 6.45) is 4.35. The molecule has 2 amide bonds. The van der Waals surface area contributed by atoms with E-state index in [9.17, 15) is 14.0 Å². The maximum Gasteiger partial charge on any atom is 0.255 e. The van der Waals surface area contributed by atoms with Crippen molar-refractivity contribution in [1.82, 2.24) is 4.90 Å². The summed E-state index contributed by atoms with van der Waals surface area (Å²) in [4.78, 5) is 27.9. The van der Waals surface area contributed by atoms with Crippen molar-refractivity contribution in [3.8, 4) is 0 Å². The van der Waals surface area contributed by atoms with E-state index in [-0.39, 0.29) is 34.9 Å². The Morgan fingerprint density at radius 1 is 1.09 bits per heavy atom. The Bertz CT molecular complexity index is 954. The second-order valence-corrected chi connectivity index (χ2v) is 9.90. The Morgan fingerprint density at radius 3 is 2.50 bits per heavy atom. The summed E-state index contributed by atoms with van der Waals surface area (Å²) < 4.78 is 13.5. The molecule has 3 N–H and O–H groups in total. The lowest BCUT2D eigenvalue weighted by molar-refractivity contribution is -0.137. The van der Waals surface area contributed by atoms with Gasteiger partial charge in [0.2, 0.25) is 5.91 Å². The molecule has 1 fully saturated rings. The Hall–Kier alpha value is -2.73. The third-order valence-corrected chi connectivity index (χ3v) is 5.88. The van der Waals surface area contributed by atoms with Crippen molar-refractivity contribution in [1.29, 1.82) is 0 Å². The minimum absolute atomic E-state index is 0.0226. The Balaban J connectivity index is 1.86. The number of nitrogens with two attached hydrogens (primary N) is 1. The summed E-state index contributed by atoms with van der Waals surface area (Å²) >= 11 is 0. The third kappa shape index (κ3) is 6.39. The van der Waals surface area contributed by atoms with Crippen molar-refractivity contribution in [3.05, 3.63) is 65.5 Å². The Labute approximate surface area is 190 Å². The molecule has 172 valence electrons. The van der Waals surface area contributed by atoms with Crippen LogP contribution in [-0.2, 0) is 11.3 Å². The molecule has 0 spiro atoms. The molecule has 1 aliphatic rings. The number of amides is 2. The van der Waals surface area contributed by atoms with E-state index in [1.54, 1.807) is 12.1 Å². The molecule has 2 atom stereocenters. The predicted molar refractivity (Wildman–Crippen MR) is 126 cm³/mol. The summed E-state index contributed by atoms with van der Waals surface area (Å²) in [5.74, 6) is -0.777. The highest BCUT2D eigenvalue weighted by atomic mass is 19.1. The van der Waals surface area contributed by atoms with Crippen LogP contribution in [0.25, 0.3) is 0 Å². The van der Waals surface area contributed by atoms with Crippen LogP contribution in [0.1, 0.15) is 68.8 Å². The van der Waals surface area contributed by atoms with Crippen molar-refractivity contribution in [2.75, 3.05) is 5.32 Å². The average molecular weight is 440 g/mol. The largest absolute Gasteiger partial charge is 0.334 e. The van der Waals surface area contributed by atoms with Crippen molar-refractivity contribution in [2.45, 2.75) is 71.5 Å². The number of nitrogens with one attached hydrogen (secondary N) is 1. The summed E-state index contributed by atoms with van der Waals surface area (Å²) in [5.41, 5.74) is 7.99. The number of hydrogen-bond donors (Lipinski definition) is 2. The lowest BCUT2D eigenvalue weighted by atomic mass is 9.87. The smallest absolute Gasteiger partial charge is 0.255 e. The number of carbonyl (C=O) groups excluding carboxylic acids is 2. The average Bonchev–Trinajstić information content (AvgIpc) is 2.72. The van der Waals surface area contributed by atoms with Gasteiger partial charge < -0.3 is 16.0 Å². The van der Waals surface area contributed by atoms with Gasteiger partial charge >= 0.3 is 0 Å². The van der Waals surface area contributed by atoms with Crippen LogP contribution < -0.4 is 11.1 Å². The zero-order valence-corrected chi connectivity index (χ0v) is 19.2. The fraction of sp³-hybridized carbons (Fsp3) is 0.462. The first-order valence-corrected chi connectivity index (χ1v) is 11.3. The number of anilines is 1. The standard InChI is InChI=1S/C26H34FN3O2/c1-26(2,3)16-24(31)30(23-14-7-5-12-21(23)28)17-19-9-4-6-13-22(19)29-25(32)18-10-8-11-20(27)15-18/h4,6,8-11,13,15,21,23H,5,7,12,14,16-17,28H2,1-3H3,(H,29,32). The number of hydrogen-bond acceptors (Lipinski definition) is 3. The summed E-state index contributed by atoms with van der Waals surface area (Å²) in [7, 11) is 0. The number of rotatable bonds is 6. The molecule has 2 unspecified atom stereocenters. The molecule has 1 saturated carbocycles. The van der Waals surface area contributed by atoms with E-state index in [2.05, 4.69) is 26.1 Å². The molecule has 0 aliphatic heterocycles. The van der Waals surface area contributed by atoms with Crippen LogP contribution in [0, 0.1) is 11.2 Å². The van der Waals surface area contributed by atoms with Gasteiger partial charge in [-0.15, -0.1) is 0 Å². The van der Waals surface area contributed by atoms with Crippen LogP contribution in [0.2, 0.25) is 0 Å². The van der Waals surface area contributed by atoms with Gasteiger partial charge in [0.15, 0.2) is 0 Å². The molecular formula is C26H34FN3O2. The number of nitrogens with zero attached hydrogens (tertiary/aromatic N) is 1. The van der Waals surface area contributed by atoms with Crippen LogP contribution >= 0.6 is 0 Å². The third-order valence-electron chi connectivity index (χ3n) is 5.88. The SMILES string of the molecule is CC(C)(C)CC(=O)N(Cc1ccccc1NC(=O)c1cccc(F)c1)C1CCCCC1N. The summed E-state index contributed by atoms with van der Waals surface area (Å²) in [5, 5.41) is 2.89. The summed E-state index contributed by atoms with van der Waals surface area (Å²) in [6, 6.07) is 12.9. The van der Waals surface area contributed by atoms with Crippen molar-refractivity contribution in [2.24, 2.45) is 11.1 Å². The molecular weight excluding hydrogens is 405 g/mol. The van der Waals surface area contributed by atoms with Gasteiger partial charge in [0.1, 0.15) is 5.82 Å². The van der Waals surface area contributed by atoms with Gasteiger partial charge in [-0.05, 0) is 48.1 Å². The number of para-hydroxylation sites is 1. The molecule has 0 bridgehead atoms. The molecule has 0 heterocycles. The maximum atomic E-state index is 13.5. The highest BCUT2D eigenvalue weighted by molar-refractivity contribution is 6.04. The molecule has 5 nitrogen and oxygen atoms in total. The second kappa shape index (κ2) is 10.3. The van der Waals surface area contributed by atoms with Gasteiger partial charge in [-0.25, -0.2) is 4.39 Å². The van der Waals surface area contributed by atoms with E-state index >= 15 is 0 Å². The second-order valence-electron chi connectivity index (χ2n) is 9.90. The molecule has 2 aromatic carbocycles. The van der Waals surface area contributed by atoms with Crippen LogP contribution in [0.15, 0.2) is 48.5 Å². The van der Waals surface area contributed by atoms with Gasteiger partial charge in [-0.3, -0.25) is 9.59 Å². The van der Waals surface area contributed by atoms with Gasteiger partial charge in [0.25, 0.3) is 5.91 Å². The van der Waals surface area contributed by atoms with E-state index in [0.717, 1.165) is 31.2 Å². The monoisotopic (exact) mass is 439 g/mol. The normalized spacial score (nSPS) is 18.8. The quantitative estimate of drug-likeness (QED) is 0.656. The molecule has 0 aromatic heterocycles. The van der Waals surface area contributed by atoms with E-state index < -0.39 is 5.82 Å². The number of carbonyl (C=O) groups is 2. The zero-order valence-electron chi connectivity index (χ0n) is 19.2. The molecule has 3 rings (SSSR count). The van der Waals surface area contributed by atoms with E-state index in [1.807, 2.05) is 23.1 Å². The van der Waals surface area contributed by atoms with Crippen molar-refractivity contribution >= 4 is 17.5 Å². The van der Waals surface area contributed by atoms with Gasteiger partial charge in [0, 0.05) is 36.3 Å². The summed E-state index contributed by atoms with van der Waals surface area (Å²) in [6.45, 7) is 6.53. The minimum Gasteiger partial charge on any atom is -0.334 e. The predicted octanol–water partition coefficient (Wildman–Crippen LogP) is 5.11. The van der Waals surface area contributed by atoms with Crippen LogP contribution in [0.4, 0.5) is 10.1 Å². The van der Waals surface area contributed by atoms with Crippen molar-refractivity contribution < 1.29 is 14.0 Å². The van der Waals surface area contributed by atoms with Crippen LogP contribution in [-0.4, -0.2) is 28.8 Å². The lowest BCUT2D eigenvalue weighted by Gasteiger charge is -2.40. The highest BCUT2D eigenvalue weighted by Gasteiger charge is 2.33. The molecule has 1 aliphatic carbocycles. The first-order chi connectivity index (χ1) is 15.1. The maximum absolute atomic E-state index is 13.5. The van der Waals surface area contributed by atoms with Crippen LogP contribution in [0.5, 0.6) is 0 Å². The first kappa shape index (κ1) is 23.9. The molecule has 0 radical (unpaired) electrons. The highest BCUT2D eigenvalue weighted by Crippen LogP contribution is 2.29. The van der Waals surface area contributed by atoms with E-state index in [1.165, 1.54) is 18.2 Å². The van der Waals surface area contributed by atoms with E-state index in [4.69, 9.17) is 5.73 Å². The molecule has 32 heavy (non-hydrogen) atoms. The lowest BCUT2D eigenvalue weighted by Crippen LogP contribution is -2.52. The van der Waals surface area contributed by atoms with E-state index in [0.29, 0.717) is 18.7 Å².